The second-order valence-corrected chi connectivity index (χ2v) is 8.09. The summed E-state index contributed by atoms with van der Waals surface area (Å²) < 4.78 is 5.54. The van der Waals surface area contributed by atoms with Crippen molar-refractivity contribution < 1.29 is 14.6 Å². The van der Waals surface area contributed by atoms with Gasteiger partial charge in [-0.3, -0.25) is 0 Å². The molecule has 29 heavy (non-hydrogen) atoms. The fourth-order valence-electron chi connectivity index (χ4n) is 5.04. The summed E-state index contributed by atoms with van der Waals surface area (Å²) >= 11 is 0. The second-order valence-electron chi connectivity index (χ2n) is 8.09. The van der Waals surface area contributed by atoms with E-state index >= 15 is 0 Å². The number of para-hydroxylation sites is 1. The summed E-state index contributed by atoms with van der Waals surface area (Å²) in [6.07, 6.45) is 2.47. The fourth-order valence-corrected chi connectivity index (χ4v) is 5.04. The van der Waals surface area contributed by atoms with Crippen molar-refractivity contribution in [1.29, 1.82) is 0 Å². The lowest BCUT2D eigenvalue weighted by Gasteiger charge is -2.52. The monoisotopic (exact) mass is 392 g/mol. The topological polar surface area (TPSA) is 91.3 Å². The van der Waals surface area contributed by atoms with Crippen LogP contribution in [0.5, 0.6) is 0 Å². The molecule has 1 aromatic heterocycles. The van der Waals surface area contributed by atoms with E-state index in [9.17, 15) is 9.90 Å². The Labute approximate surface area is 168 Å². The van der Waals surface area contributed by atoms with Gasteiger partial charge in [-0.1, -0.05) is 48.9 Å². The molecule has 2 aromatic carbocycles. The number of fused-ring (bicyclic) bond motifs is 3. The second kappa shape index (κ2) is 7.15. The van der Waals surface area contributed by atoms with Crippen molar-refractivity contribution in [3.05, 3.63) is 59.7 Å². The van der Waals surface area contributed by atoms with Gasteiger partial charge in [-0.15, -0.1) is 0 Å². The summed E-state index contributed by atoms with van der Waals surface area (Å²) in [6, 6.07) is 15.4. The van der Waals surface area contributed by atoms with Crippen LogP contribution in [0.3, 0.4) is 0 Å². The van der Waals surface area contributed by atoms with Crippen molar-refractivity contribution >= 4 is 17.1 Å². The van der Waals surface area contributed by atoms with E-state index in [4.69, 9.17) is 4.74 Å². The lowest BCUT2D eigenvalue weighted by atomic mass is 9.62. The number of aliphatic hydroxyl groups is 1. The highest BCUT2D eigenvalue weighted by molar-refractivity contribution is 5.78. The average Bonchev–Trinajstić information content (AvgIpc) is 3.21. The molecule has 2 N–H and O–H groups in total. The summed E-state index contributed by atoms with van der Waals surface area (Å²) in [4.78, 5) is 14.5. The normalized spacial score (nSPS) is 26.4. The quantitative estimate of drug-likeness (QED) is 0.714. The minimum Gasteiger partial charge on any atom is -0.445 e. The molecular weight excluding hydrogens is 368 g/mol. The predicted octanol–water partition coefficient (Wildman–Crippen LogP) is 3.21. The number of hydrogen-bond donors (Lipinski definition) is 2. The number of carbonyl (C=O) groups is 1. The van der Waals surface area contributed by atoms with E-state index in [2.05, 4.69) is 15.4 Å². The minimum atomic E-state index is -1.01. The van der Waals surface area contributed by atoms with Gasteiger partial charge in [0, 0.05) is 30.5 Å². The zero-order valence-electron chi connectivity index (χ0n) is 16.1. The SMILES string of the molecule is O=C(OCc1ccccc1)N1CC2CCCC(C1)C2(O)c1cccc2n[nH]nc12. The molecule has 1 saturated heterocycles. The van der Waals surface area contributed by atoms with Gasteiger partial charge in [-0.05, 0) is 24.5 Å². The molecule has 5 rings (SSSR count). The van der Waals surface area contributed by atoms with Crippen LogP contribution in [-0.4, -0.2) is 44.6 Å². The van der Waals surface area contributed by atoms with E-state index in [0.29, 0.717) is 18.6 Å². The lowest BCUT2D eigenvalue weighted by Crippen LogP contribution is -2.59. The van der Waals surface area contributed by atoms with E-state index < -0.39 is 5.60 Å². The van der Waals surface area contributed by atoms with Gasteiger partial charge in [0.1, 0.15) is 23.2 Å². The third kappa shape index (κ3) is 3.06. The van der Waals surface area contributed by atoms with Crippen LogP contribution in [0, 0.1) is 11.8 Å². The standard InChI is InChI=1S/C22H24N4O3/c27-21(29-14-15-6-2-1-3-7-15)26-12-16-8-4-9-17(13-26)22(16,28)18-10-5-11-19-20(18)24-25-23-19/h1-3,5-7,10-11,16-17,28H,4,8-9,12-14H2,(H,23,24,25). The number of ether oxygens (including phenoxy) is 1. The van der Waals surface area contributed by atoms with Gasteiger partial charge >= 0.3 is 6.09 Å². The maximum Gasteiger partial charge on any atom is 0.410 e. The van der Waals surface area contributed by atoms with Crippen molar-refractivity contribution in [3.63, 3.8) is 0 Å². The molecule has 2 atom stereocenters. The van der Waals surface area contributed by atoms with Crippen LogP contribution in [0.15, 0.2) is 48.5 Å². The fraction of sp³-hybridized carbons (Fsp3) is 0.409. The van der Waals surface area contributed by atoms with Crippen LogP contribution in [0.4, 0.5) is 4.79 Å². The van der Waals surface area contributed by atoms with Crippen LogP contribution < -0.4 is 0 Å². The number of carbonyl (C=O) groups excluding carboxylic acids is 1. The number of piperidine rings is 1. The Kier molecular flexibility index (Phi) is 4.47. The molecule has 2 fully saturated rings. The number of hydrogen-bond acceptors (Lipinski definition) is 5. The van der Waals surface area contributed by atoms with Crippen molar-refractivity contribution in [2.75, 3.05) is 13.1 Å². The first-order valence-corrected chi connectivity index (χ1v) is 10.1. The van der Waals surface area contributed by atoms with E-state index in [1.165, 1.54) is 0 Å². The van der Waals surface area contributed by atoms with Crippen LogP contribution in [-0.2, 0) is 16.9 Å². The molecule has 7 nitrogen and oxygen atoms in total. The largest absolute Gasteiger partial charge is 0.445 e. The molecule has 2 heterocycles. The molecule has 1 aliphatic carbocycles. The average molecular weight is 392 g/mol. The summed E-state index contributed by atoms with van der Waals surface area (Å²) in [6.45, 7) is 1.22. The van der Waals surface area contributed by atoms with E-state index in [1.54, 1.807) is 4.90 Å². The van der Waals surface area contributed by atoms with Gasteiger partial charge in [-0.25, -0.2) is 4.79 Å². The summed E-state index contributed by atoms with van der Waals surface area (Å²) in [5.74, 6) is -0.108. The molecule has 1 saturated carbocycles. The Hall–Kier alpha value is -2.93. The maximum atomic E-state index is 12.7. The number of H-pyrrole nitrogens is 1. The zero-order valence-corrected chi connectivity index (χ0v) is 16.1. The molecule has 2 unspecified atom stereocenters. The maximum absolute atomic E-state index is 12.7. The van der Waals surface area contributed by atoms with E-state index in [1.807, 2.05) is 48.5 Å². The van der Waals surface area contributed by atoms with Crippen molar-refractivity contribution in [2.45, 2.75) is 31.5 Å². The van der Waals surface area contributed by atoms with E-state index in [0.717, 1.165) is 35.9 Å². The Morgan fingerprint density at radius 3 is 2.62 bits per heavy atom. The number of nitrogens with zero attached hydrogens (tertiary/aromatic N) is 3. The molecule has 1 aliphatic heterocycles. The molecule has 2 bridgehead atoms. The lowest BCUT2D eigenvalue weighted by molar-refractivity contribution is -0.141. The van der Waals surface area contributed by atoms with Gasteiger partial charge in [0.05, 0.1) is 0 Å². The number of aromatic nitrogens is 3. The number of nitrogens with one attached hydrogen (secondary N) is 1. The van der Waals surface area contributed by atoms with Crippen LogP contribution in [0.25, 0.3) is 11.0 Å². The third-order valence-electron chi connectivity index (χ3n) is 6.47. The number of benzene rings is 2. The van der Waals surface area contributed by atoms with Crippen molar-refractivity contribution in [3.8, 4) is 0 Å². The molecule has 7 heteroatoms. The molecule has 150 valence electrons. The van der Waals surface area contributed by atoms with Gasteiger partial charge < -0.3 is 14.7 Å². The first-order valence-electron chi connectivity index (χ1n) is 10.1. The first-order chi connectivity index (χ1) is 14.2. The van der Waals surface area contributed by atoms with Gasteiger partial charge in [0.15, 0.2) is 0 Å². The highest BCUT2D eigenvalue weighted by Gasteiger charge is 2.53. The van der Waals surface area contributed by atoms with Gasteiger partial charge in [0.2, 0.25) is 0 Å². The minimum absolute atomic E-state index is 0.0541. The highest BCUT2D eigenvalue weighted by atomic mass is 16.6. The molecule has 3 aromatic rings. The number of likely N-dealkylation sites (tertiary alicyclic amines) is 1. The Balaban J connectivity index is 1.37. The molecule has 2 aliphatic rings. The Morgan fingerprint density at radius 1 is 1.10 bits per heavy atom. The van der Waals surface area contributed by atoms with Crippen LogP contribution in [0.2, 0.25) is 0 Å². The summed E-state index contributed by atoms with van der Waals surface area (Å²) in [5.41, 5.74) is 2.24. The zero-order chi connectivity index (χ0) is 19.8. The molecular formula is C22H24N4O3. The summed E-state index contributed by atoms with van der Waals surface area (Å²) in [7, 11) is 0. The van der Waals surface area contributed by atoms with E-state index in [-0.39, 0.29) is 24.5 Å². The van der Waals surface area contributed by atoms with Crippen LogP contribution >= 0.6 is 0 Å². The molecule has 0 spiro atoms. The number of amides is 1. The smallest absolute Gasteiger partial charge is 0.410 e. The van der Waals surface area contributed by atoms with Crippen LogP contribution in [0.1, 0.15) is 30.4 Å². The summed E-state index contributed by atoms with van der Waals surface area (Å²) in [5, 5.41) is 23.0. The third-order valence-corrected chi connectivity index (χ3v) is 6.47. The van der Waals surface area contributed by atoms with Crippen molar-refractivity contribution in [2.24, 2.45) is 11.8 Å². The highest BCUT2D eigenvalue weighted by Crippen LogP contribution is 2.50. The first kappa shape index (κ1) is 18.1. The number of rotatable bonds is 3. The Bertz CT molecular complexity index is 1010. The Morgan fingerprint density at radius 2 is 1.86 bits per heavy atom. The van der Waals surface area contributed by atoms with Gasteiger partial charge in [-0.2, -0.15) is 15.4 Å². The molecule has 0 radical (unpaired) electrons. The molecule has 1 amide bonds. The van der Waals surface area contributed by atoms with Gasteiger partial charge in [0.25, 0.3) is 0 Å². The number of aromatic amines is 1. The predicted molar refractivity (Wildman–Crippen MR) is 107 cm³/mol. The van der Waals surface area contributed by atoms with Crippen molar-refractivity contribution in [1.82, 2.24) is 20.3 Å².